The van der Waals surface area contributed by atoms with Crippen LogP contribution in [-0.2, 0) is 30.3 Å². The molecule has 1 aromatic heterocycles. The lowest BCUT2D eigenvalue weighted by molar-refractivity contribution is -0.149. The number of carboxylic acids is 1. The number of piperidine rings is 1. The molecule has 1 saturated heterocycles. The molecule has 2 aromatic rings. The number of nitrogen functional groups attached to an aromatic ring is 1. The van der Waals surface area contributed by atoms with Gasteiger partial charge in [0.15, 0.2) is 0 Å². The number of carboxylic acid groups (broad SMARTS) is 1. The van der Waals surface area contributed by atoms with Gasteiger partial charge in [0.25, 0.3) is 0 Å². The zero-order valence-corrected chi connectivity index (χ0v) is 37.2. The molecule has 7 atom stereocenters. The Balaban J connectivity index is 1.91. The number of unbranched alkanes of at least 4 members (excludes halogenated alkanes) is 3. The summed E-state index contributed by atoms with van der Waals surface area (Å²) >= 11 is 1.33. The van der Waals surface area contributed by atoms with Crippen molar-refractivity contribution in [1.82, 2.24) is 20.5 Å². The van der Waals surface area contributed by atoms with E-state index < -0.39 is 41.0 Å². The van der Waals surface area contributed by atoms with E-state index in [1.54, 1.807) is 25.3 Å². The first-order valence-electron chi connectivity index (χ1n) is 21.4. The van der Waals surface area contributed by atoms with Crippen molar-refractivity contribution < 1.29 is 33.4 Å². The number of amides is 3. The molecule has 1 aliphatic heterocycles. The summed E-state index contributed by atoms with van der Waals surface area (Å²) < 4.78 is 20.7. The van der Waals surface area contributed by atoms with Crippen LogP contribution in [0.25, 0.3) is 0 Å². The first-order chi connectivity index (χ1) is 27.4. The molecular formula is C44H71FN6O6S. The van der Waals surface area contributed by atoms with Gasteiger partial charge in [-0.3, -0.25) is 24.5 Å². The molecule has 12 nitrogen and oxygen atoms in total. The van der Waals surface area contributed by atoms with Gasteiger partial charge in [-0.25, -0.2) is 9.37 Å². The number of rotatable bonds is 24. The number of nitrogens with two attached hydrogens (primary N) is 1. The molecule has 14 heteroatoms. The molecular weight excluding hydrogens is 760 g/mol. The van der Waals surface area contributed by atoms with Crippen molar-refractivity contribution in [2.24, 2.45) is 35.0 Å². The molecule has 3 amide bonds. The molecule has 0 unspecified atom stereocenters. The Morgan fingerprint density at radius 1 is 1.12 bits per heavy atom. The fourth-order valence-corrected chi connectivity index (χ4v) is 8.55. The number of benzene rings is 1. The first kappa shape index (κ1) is 48.7. The third kappa shape index (κ3) is 14.3. The first-order valence-corrected chi connectivity index (χ1v) is 22.3. The van der Waals surface area contributed by atoms with Crippen LogP contribution in [-0.4, -0.2) is 70.6 Å². The van der Waals surface area contributed by atoms with E-state index >= 15 is 0 Å². The van der Waals surface area contributed by atoms with Gasteiger partial charge in [-0.2, -0.15) is 0 Å². The number of carbonyl (C=O) groups is 4. The highest BCUT2D eigenvalue weighted by atomic mass is 32.1. The van der Waals surface area contributed by atoms with Crippen LogP contribution in [0, 0.1) is 40.8 Å². The fraction of sp³-hybridized carbons (Fsp3) is 0.705. The largest absolute Gasteiger partial charge is 0.481 e. The van der Waals surface area contributed by atoms with Gasteiger partial charge in [0.1, 0.15) is 28.7 Å². The Kier molecular flexibility index (Phi) is 19.5. The Hall–Kier alpha value is -3.62. The summed E-state index contributed by atoms with van der Waals surface area (Å²) in [4.78, 5) is 61.5. The summed E-state index contributed by atoms with van der Waals surface area (Å²) in [6.45, 7) is 19.2. The second-order valence-electron chi connectivity index (χ2n) is 17.3. The lowest BCUT2D eigenvalue weighted by Crippen LogP contribution is -2.56. The van der Waals surface area contributed by atoms with Gasteiger partial charge in [0.2, 0.25) is 17.7 Å². The van der Waals surface area contributed by atoms with Gasteiger partial charge in [-0.15, -0.1) is 11.3 Å². The highest BCUT2D eigenvalue weighted by Crippen LogP contribution is 2.34. The van der Waals surface area contributed by atoms with Gasteiger partial charge < -0.3 is 31.1 Å². The second-order valence-corrected chi connectivity index (χ2v) is 18.2. The summed E-state index contributed by atoms with van der Waals surface area (Å²) in [5.41, 5.74) is 4.95. The molecule has 0 aliphatic carbocycles. The van der Waals surface area contributed by atoms with E-state index in [9.17, 15) is 28.7 Å². The van der Waals surface area contributed by atoms with E-state index in [1.165, 1.54) is 23.5 Å². The van der Waals surface area contributed by atoms with Crippen molar-refractivity contribution in [3.05, 3.63) is 40.0 Å². The number of ether oxygens (including phenoxy) is 1. The van der Waals surface area contributed by atoms with Crippen LogP contribution in [0.2, 0.25) is 0 Å². The quantitative estimate of drug-likeness (QED) is 0.0397. The predicted octanol–water partition coefficient (Wildman–Crippen LogP) is 8.19. The van der Waals surface area contributed by atoms with E-state index in [0.717, 1.165) is 45.1 Å². The summed E-state index contributed by atoms with van der Waals surface area (Å²) in [6.07, 6.45) is 6.29. The van der Waals surface area contributed by atoms with Crippen molar-refractivity contribution in [2.45, 2.75) is 145 Å². The topological polar surface area (TPSA) is 176 Å². The SMILES string of the molecule is CCCCCCN(C(=O)[C@H](C(=O)N[C@@H]1C[C@H](C)CCN1)[C@@H](C)CC)[C@H](C[C@@H](OCC)c1nc(NC(=O)[C@@H](Cc2ccc(N)c(F)c2)CC(C)(C)C(=O)O)cs1)C(C)C. The van der Waals surface area contributed by atoms with Crippen molar-refractivity contribution in [3.63, 3.8) is 0 Å². The number of anilines is 2. The number of nitrogens with one attached hydrogen (secondary N) is 3. The van der Waals surface area contributed by atoms with Gasteiger partial charge in [-0.1, -0.05) is 73.3 Å². The van der Waals surface area contributed by atoms with Crippen LogP contribution in [0.3, 0.4) is 0 Å². The van der Waals surface area contributed by atoms with Crippen molar-refractivity contribution in [3.8, 4) is 0 Å². The average Bonchev–Trinajstić information content (AvgIpc) is 3.62. The van der Waals surface area contributed by atoms with Gasteiger partial charge >= 0.3 is 5.97 Å². The molecule has 2 heterocycles. The van der Waals surface area contributed by atoms with E-state index in [2.05, 4.69) is 43.6 Å². The zero-order chi connectivity index (χ0) is 43.2. The number of aromatic nitrogens is 1. The summed E-state index contributed by atoms with van der Waals surface area (Å²) in [6, 6.07) is 4.06. The zero-order valence-electron chi connectivity index (χ0n) is 36.4. The van der Waals surface area contributed by atoms with Crippen LogP contribution >= 0.6 is 11.3 Å². The van der Waals surface area contributed by atoms with E-state index in [-0.39, 0.29) is 54.4 Å². The van der Waals surface area contributed by atoms with Crippen molar-refractivity contribution >= 4 is 46.5 Å². The molecule has 326 valence electrons. The molecule has 6 N–H and O–H groups in total. The number of nitrogens with zero attached hydrogens (tertiary/aromatic N) is 2. The number of thiazole rings is 1. The standard InChI is InChI=1S/C44H71FN6O6S/c1-10-13-14-15-20-51(42(54)38(29(7)11-2)40(53)48-36-21-28(6)18-19-47-36)34(27(4)5)24-35(57-12-3)41-50-37(26-58-41)49-39(52)31(25-44(8,9)43(55)56)22-30-16-17-33(46)32(45)23-30/h16-17,23,26-29,31,34-36,38,47H,10-15,18-22,24-25,46H2,1-9H3,(H,48,53)(H,49,52)(H,55,56)/t28-,29+,31+,34-,35-,36-,38+/m1/s1. The molecule has 0 bridgehead atoms. The Morgan fingerprint density at radius 2 is 1.84 bits per heavy atom. The molecule has 3 rings (SSSR count). The third-order valence-electron chi connectivity index (χ3n) is 11.6. The fourth-order valence-electron chi connectivity index (χ4n) is 7.74. The van der Waals surface area contributed by atoms with E-state index in [0.29, 0.717) is 48.3 Å². The summed E-state index contributed by atoms with van der Waals surface area (Å²) in [7, 11) is 0. The predicted molar refractivity (Wildman–Crippen MR) is 230 cm³/mol. The third-order valence-corrected chi connectivity index (χ3v) is 12.5. The van der Waals surface area contributed by atoms with Crippen molar-refractivity contribution in [1.29, 1.82) is 0 Å². The Bertz CT molecular complexity index is 1640. The minimum Gasteiger partial charge on any atom is -0.481 e. The van der Waals surface area contributed by atoms with Crippen LogP contribution < -0.4 is 21.7 Å². The van der Waals surface area contributed by atoms with Gasteiger partial charge in [-0.05, 0) is 94.9 Å². The van der Waals surface area contributed by atoms with Gasteiger partial charge in [0.05, 0.1) is 17.3 Å². The number of hydrogen-bond acceptors (Lipinski definition) is 9. The monoisotopic (exact) mass is 831 g/mol. The average molecular weight is 831 g/mol. The summed E-state index contributed by atoms with van der Waals surface area (Å²) in [5.74, 6) is -3.51. The second kappa shape index (κ2) is 23.2. The minimum absolute atomic E-state index is 0.00285. The maximum absolute atomic E-state index is 14.9. The number of hydrogen-bond donors (Lipinski definition) is 5. The van der Waals surface area contributed by atoms with Crippen LogP contribution in [0.5, 0.6) is 0 Å². The van der Waals surface area contributed by atoms with Crippen LogP contribution in [0.4, 0.5) is 15.9 Å². The number of carbonyl (C=O) groups excluding carboxylic acids is 3. The Labute approximate surface area is 350 Å². The molecule has 0 spiro atoms. The Morgan fingerprint density at radius 3 is 2.45 bits per heavy atom. The lowest BCUT2D eigenvalue weighted by Gasteiger charge is -2.39. The van der Waals surface area contributed by atoms with Gasteiger partial charge in [0, 0.05) is 36.9 Å². The molecule has 0 radical (unpaired) electrons. The van der Waals surface area contributed by atoms with E-state index in [1.807, 2.05) is 25.7 Å². The molecule has 1 fully saturated rings. The maximum atomic E-state index is 14.9. The van der Waals surface area contributed by atoms with Crippen LogP contribution in [0.15, 0.2) is 23.6 Å². The molecule has 1 aromatic carbocycles. The summed E-state index contributed by atoms with van der Waals surface area (Å²) in [5, 5.41) is 21.7. The van der Waals surface area contributed by atoms with Crippen molar-refractivity contribution in [2.75, 3.05) is 30.7 Å². The maximum Gasteiger partial charge on any atom is 0.309 e. The smallest absolute Gasteiger partial charge is 0.309 e. The number of halogens is 1. The highest BCUT2D eigenvalue weighted by molar-refractivity contribution is 7.10. The highest BCUT2D eigenvalue weighted by Gasteiger charge is 2.40. The number of aliphatic carboxylic acids is 1. The molecule has 0 saturated carbocycles. The normalized spacial score (nSPS) is 18.5. The molecule has 58 heavy (non-hydrogen) atoms. The minimum atomic E-state index is -1.23. The molecule has 1 aliphatic rings. The van der Waals surface area contributed by atoms with Crippen LogP contribution in [0.1, 0.15) is 137 Å². The van der Waals surface area contributed by atoms with E-state index in [4.69, 9.17) is 15.5 Å². The lowest BCUT2D eigenvalue weighted by atomic mass is 9.80.